The van der Waals surface area contributed by atoms with Crippen LogP contribution in [0, 0.1) is 17.1 Å². The zero-order chi connectivity index (χ0) is 20.6. The largest absolute Gasteiger partial charge is 0.369 e. The van der Waals surface area contributed by atoms with Crippen molar-refractivity contribution < 1.29 is 14.0 Å². The van der Waals surface area contributed by atoms with Crippen LogP contribution in [0.2, 0.25) is 0 Å². The number of hydrogen-bond acceptors (Lipinski definition) is 6. The van der Waals surface area contributed by atoms with Crippen LogP contribution in [0.15, 0.2) is 29.3 Å². The van der Waals surface area contributed by atoms with E-state index in [1.165, 1.54) is 47.9 Å². The number of anilines is 1. The fourth-order valence-corrected chi connectivity index (χ4v) is 3.01. The van der Waals surface area contributed by atoms with Crippen molar-refractivity contribution >= 4 is 23.5 Å². The summed E-state index contributed by atoms with van der Waals surface area (Å²) in [6.07, 6.45) is -0.0637. The smallest absolute Gasteiger partial charge is 0.273 e. The summed E-state index contributed by atoms with van der Waals surface area (Å²) >= 11 is 0. The van der Waals surface area contributed by atoms with Gasteiger partial charge in [-0.15, -0.1) is 0 Å². The van der Waals surface area contributed by atoms with Crippen LogP contribution >= 0.6 is 0 Å². The van der Waals surface area contributed by atoms with Gasteiger partial charge < -0.3 is 11.1 Å². The minimum Gasteiger partial charge on any atom is -0.369 e. The fraction of sp³-hybridized carbons (Fsp3) is 0.278. The molecule has 144 valence electrons. The molecule has 10 heteroatoms. The molecule has 0 radical (unpaired) electrons. The lowest BCUT2D eigenvalue weighted by Crippen LogP contribution is -2.47. The van der Waals surface area contributed by atoms with E-state index in [9.17, 15) is 14.0 Å². The Morgan fingerprint density at radius 2 is 2.11 bits per heavy atom. The number of aryl methyl sites for hydroxylation is 1. The second-order valence-corrected chi connectivity index (χ2v) is 6.67. The molecule has 2 amide bonds. The zero-order valence-electron chi connectivity index (χ0n) is 15.5. The van der Waals surface area contributed by atoms with Gasteiger partial charge in [-0.25, -0.2) is 9.38 Å². The van der Waals surface area contributed by atoms with Crippen LogP contribution in [-0.2, 0) is 17.4 Å². The number of nitrogens with one attached hydrogen (secondary N) is 1. The number of nitrogens with two attached hydrogens (primary N) is 1. The van der Waals surface area contributed by atoms with Gasteiger partial charge in [0.1, 0.15) is 17.6 Å². The minimum atomic E-state index is -1.20. The summed E-state index contributed by atoms with van der Waals surface area (Å²) in [5, 5.41) is 15.4. The molecule has 2 heterocycles. The highest BCUT2D eigenvalue weighted by molar-refractivity contribution is 6.03. The van der Waals surface area contributed by atoms with Crippen molar-refractivity contribution in [2.45, 2.75) is 18.9 Å². The normalized spacial score (nSPS) is 19.2. The number of nitriles is 1. The third-order valence-corrected chi connectivity index (χ3v) is 4.61. The molecule has 0 fully saturated rings. The molecular formula is C18H18FN7O2. The van der Waals surface area contributed by atoms with E-state index in [1.54, 1.807) is 6.92 Å². The second kappa shape index (κ2) is 6.77. The fourth-order valence-electron chi connectivity index (χ4n) is 3.01. The molecule has 1 aromatic carbocycles. The van der Waals surface area contributed by atoms with Crippen molar-refractivity contribution in [3.8, 4) is 6.07 Å². The maximum Gasteiger partial charge on any atom is 0.273 e. The molecule has 3 rings (SSSR count). The highest BCUT2D eigenvalue weighted by Crippen LogP contribution is 2.35. The summed E-state index contributed by atoms with van der Waals surface area (Å²) < 4.78 is 15.8. The van der Waals surface area contributed by atoms with Gasteiger partial charge in [-0.3, -0.25) is 19.2 Å². The lowest BCUT2D eigenvalue weighted by molar-refractivity contribution is -0.128. The van der Waals surface area contributed by atoms with E-state index in [-0.39, 0.29) is 35.2 Å². The van der Waals surface area contributed by atoms with E-state index in [1.807, 2.05) is 6.07 Å². The Morgan fingerprint density at radius 3 is 2.71 bits per heavy atom. The summed E-state index contributed by atoms with van der Waals surface area (Å²) in [7, 11) is 3.03. The number of halogens is 1. The van der Waals surface area contributed by atoms with E-state index in [0.717, 1.165) is 0 Å². The van der Waals surface area contributed by atoms with Gasteiger partial charge in [-0.05, 0) is 25.1 Å². The van der Waals surface area contributed by atoms with Crippen LogP contribution in [0.1, 0.15) is 35.1 Å². The number of rotatable bonds is 3. The van der Waals surface area contributed by atoms with Gasteiger partial charge in [-0.1, -0.05) is 0 Å². The highest BCUT2D eigenvalue weighted by atomic mass is 19.1. The number of nitrogens with zero attached hydrogens (tertiary/aromatic N) is 5. The molecular weight excluding hydrogens is 365 g/mol. The Hall–Kier alpha value is -3.74. The molecule has 3 N–H and O–H groups in total. The molecule has 1 aliphatic heterocycles. The predicted octanol–water partition coefficient (Wildman–Crippen LogP) is 1.08. The van der Waals surface area contributed by atoms with E-state index in [4.69, 9.17) is 11.0 Å². The predicted molar refractivity (Wildman–Crippen MR) is 98.6 cm³/mol. The quantitative estimate of drug-likeness (QED) is 0.819. The van der Waals surface area contributed by atoms with Crippen LogP contribution in [0.4, 0.5) is 10.1 Å². The van der Waals surface area contributed by atoms with Gasteiger partial charge in [0, 0.05) is 31.4 Å². The van der Waals surface area contributed by atoms with Crippen molar-refractivity contribution in [3.63, 3.8) is 0 Å². The molecule has 0 saturated heterocycles. The molecule has 28 heavy (non-hydrogen) atoms. The van der Waals surface area contributed by atoms with Crippen LogP contribution in [0.5, 0.6) is 0 Å². The second-order valence-electron chi connectivity index (χ2n) is 6.67. The van der Waals surface area contributed by atoms with Crippen molar-refractivity contribution in [2.24, 2.45) is 17.8 Å². The zero-order valence-corrected chi connectivity index (χ0v) is 15.5. The number of benzene rings is 1. The van der Waals surface area contributed by atoms with Crippen LogP contribution in [0.3, 0.4) is 0 Å². The van der Waals surface area contributed by atoms with Crippen LogP contribution < -0.4 is 11.1 Å². The maximum absolute atomic E-state index is 14.5. The molecule has 1 aromatic heterocycles. The molecule has 1 aliphatic rings. The Morgan fingerprint density at radius 1 is 1.39 bits per heavy atom. The number of carbonyl (C=O) groups excluding carboxylic acids is 2. The molecule has 1 atom stereocenters. The Bertz CT molecular complexity index is 1050. The van der Waals surface area contributed by atoms with Gasteiger partial charge >= 0.3 is 0 Å². The van der Waals surface area contributed by atoms with Crippen LogP contribution in [0.25, 0.3) is 0 Å². The lowest BCUT2D eigenvalue weighted by Gasteiger charge is -2.34. The van der Waals surface area contributed by atoms with Gasteiger partial charge in [0.2, 0.25) is 5.91 Å². The number of aliphatic imine (C=N–C) groups is 1. The molecule has 2 aromatic rings. The lowest BCUT2D eigenvalue weighted by atomic mass is 9.87. The first-order valence-corrected chi connectivity index (χ1v) is 8.32. The van der Waals surface area contributed by atoms with E-state index >= 15 is 0 Å². The van der Waals surface area contributed by atoms with Crippen molar-refractivity contribution in [1.29, 1.82) is 5.26 Å². The van der Waals surface area contributed by atoms with Gasteiger partial charge in [0.15, 0.2) is 11.7 Å². The third kappa shape index (κ3) is 3.29. The summed E-state index contributed by atoms with van der Waals surface area (Å²) in [5.74, 6) is -1.38. The molecule has 0 aliphatic carbocycles. The third-order valence-electron chi connectivity index (χ3n) is 4.61. The first-order valence-electron chi connectivity index (χ1n) is 8.32. The van der Waals surface area contributed by atoms with Crippen molar-refractivity contribution in [3.05, 3.63) is 47.0 Å². The Balaban J connectivity index is 1.94. The number of hydrogen-bond donors (Lipinski definition) is 2. The summed E-state index contributed by atoms with van der Waals surface area (Å²) in [6.45, 7) is 1.61. The van der Waals surface area contributed by atoms with E-state index in [0.29, 0.717) is 5.69 Å². The average Bonchev–Trinajstić information content (AvgIpc) is 3.02. The molecule has 1 unspecified atom stereocenters. The first-order chi connectivity index (χ1) is 13.1. The molecule has 0 spiro atoms. The monoisotopic (exact) mass is 383 g/mol. The SMILES string of the molecule is CN1C(=O)CC(C)(c2cc(NC(=O)c3cc(C#N)nn3C)ccc2F)N=C1N. The molecule has 9 nitrogen and oxygen atoms in total. The topological polar surface area (TPSA) is 129 Å². The van der Waals surface area contributed by atoms with E-state index in [2.05, 4.69) is 15.4 Å². The average molecular weight is 383 g/mol. The standard InChI is InChI=1S/C18H18FN7O2/c1-18(8-15(27)25(2)17(21)23-18)12-6-10(4-5-13(12)19)22-16(28)14-7-11(9-20)24-26(14)3/h4-7H,8H2,1-3H3,(H2,21,23)(H,22,28). The van der Waals surface area contributed by atoms with Gasteiger partial charge in [0.25, 0.3) is 5.91 Å². The summed E-state index contributed by atoms with van der Waals surface area (Å²) in [4.78, 5) is 30.1. The first kappa shape index (κ1) is 19.0. The van der Waals surface area contributed by atoms with E-state index < -0.39 is 17.3 Å². The molecule has 0 saturated carbocycles. The number of aromatic nitrogens is 2. The number of guanidine groups is 1. The van der Waals surface area contributed by atoms with Gasteiger partial charge in [0.05, 0.1) is 12.0 Å². The minimum absolute atomic E-state index is 0.00786. The van der Waals surface area contributed by atoms with Gasteiger partial charge in [-0.2, -0.15) is 10.4 Å². The highest BCUT2D eigenvalue weighted by Gasteiger charge is 2.38. The number of amides is 2. The maximum atomic E-state index is 14.5. The number of carbonyl (C=O) groups is 2. The molecule has 0 bridgehead atoms. The van der Waals surface area contributed by atoms with Crippen molar-refractivity contribution in [2.75, 3.05) is 12.4 Å². The Labute approximate surface area is 160 Å². The van der Waals surface area contributed by atoms with Crippen LogP contribution in [-0.4, -0.2) is 39.5 Å². The summed E-state index contributed by atoms with van der Waals surface area (Å²) in [6, 6.07) is 7.21. The summed E-state index contributed by atoms with van der Waals surface area (Å²) in [5.41, 5.74) is 5.31. The Kier molecular flexibility index (Phi) is 4.60. The van der Waals surface area contributed by atoms with Crippen molar-refractivity contribution in [1.82, 2.24) is 14.7 Å².